The Morgan fingerprint density at radius 2 is 1.48 bits per heavy atom. The van der Waals surface area contributed by atoms with Crippen LogP contribution in [0.4, 0.5) is 5.95 Å². The van der Waals surface area contributed by atoms with Gasteiger partial charge in [-0.15, -0.1) is 0 Å². The first-order valence-corrected chi connectivity index (χ1v) is 14.2. The third kappa shape index (κ3) is 5.92. The number of H-pyrrole nitrogens is 1. The quantitative estimate of drug-likeness (QED) is 0.182. The van der Waals surface area contributed by atoms with Crippen LogP contribution in [-0.4, -0.2) is 51.4 Å². The van der Waals surface area contributed by atoms with Gasteiger partial charge in [-0.1, -0.05) is 68.4 Å². The summed E-state index contributed by atoms with van der Waals surface area (Å²) in [6.07, 6.45) is 0. The molecule has 0 bridgehead atoms. The van der Waals surface area contributed by atoms with E-state index in [2.05, 4.69) is 20.3 Å². The molecular formula is C33H35N5O6. The van der Waals surface area contributed by atoms with Crippen molar-refractivity contribution in [1.82, 2.24) is 19.5 Å². The molecule has 5 aromatic rings. The normalized spacial score (nSPS) is 11.6. The van der Waals surface area contributed by atoms with Crippen LogP contribution in [0.15, 0.2) is 83.7 Å². The summed E-state index contributed by atoms with van der Waals surface area (Å²) in [5.74, 6) is 1.16. The molecule has 0 unspecified atom stereocenters. The van der Waals surface area contributed by atoms with Crippen molar-refractivity contribution >= 4 is 23.0 Å². The topological polar surface area (TPSA) is 141 Å². The third-order valence-electron chi connectivity index (χ3n) is 7.37. The molecule has 44 heavy (non-hydrogen) atoms. The van der Waals surface area contributed by atoms with Crippen molar-refractivity contribution in [2.24, 2.45) is 5.92 Å². The summed E-state index contributed by atoms with van der Waals surface area (Å²) in [5.41, 5.74) is 1.15. The first-order valence-electron chi connectivity index (χ1n) is 14.2. The summed E-state index contributed by atoms with van der Waals surface area (Å²) >= 11 is 0. The predicted molar refractivity (Wildman–Crippen MR) is 166 cm³/mol. The number of rotatable bonds is 12. The maximum absolute atomic E-state index is 13.1. The average molecular weight is 598 g/mol. The number of imidazole rings is 1. The Kier molecular flexibility index (Phi) is 9.07. The van der Waals surface area contributed by atoms with Crippen LogP contribution in [-0.2, 0) is 28.3 Å². The largest absolute Gasteiger partial charge is 0.497 e. The van der Waals surface area contributed by atoms with E-state index in [0.717, 1.165) is 16.7 Å². The maximum atomic E-state index is 13.1. The van der Waals surface area contributed by atoms with E-state index in [0.29, 0.717) is 17.3 Å². The Hall–Kier alpha value is -5.00. The van der Waals surface area contributed by atoms with E-state index < -0.39 is 11.2 Å². The molecule has 11 heteroatoms. The van der Waals surface area contributed by atoms with Gasteiger partial charge in [-0.3, -0.25) is 19.9 Å². The number of carbonyl (C=O) groups excluding carboxylic acids is 1. The number of aromatic amines is 1. The highest BCUT2D eigenvalue weighted by Gasteiger charge is 2.38. The van der Waals surface area contributed by atoms with Gasteiger partial charge in [0.2, 0.25) is 11.9 Å². The minimum Gasteiger partial charge on any atom is -0.497 e. The van der Waals surface area contributed by atoms with Crippen LogP contribution in [0.5, 0.6) is 11.5 Å². The molecule has 0 spiro atoms. The lowest BCUT2D eigenvalue weighted by atomic mass is 9.80. The number of nitrogens with one attached hydrogen (secondary N) is 2. The Bertz CT molecular complexity index is 1730. The first-order chi connectivity index (χ1) is 21.3. The Balaban J connectivity index is 1.66. The molecule has 0 saturated carbocycles. The first kappa shape index (κ1) is 30.5. The summed E-state index contributed by atoms with van der Waals surface area (Å²) < 4.78 is 19.4. The summed E-state index contributed by atoms with van der Waals surface area (Å²) in [6, 6.07) is 25.1. The van der Waals surface area contributed by atoms with Crippen LogP contribution in [0, 0.1) is 5.92 Å². The van der Waals surface area contributed by atoms with Gasteiger partial charge in [0.1, 0.15) is 29.5 Å². The Labute approximate surface area is 254 Å². The number of aliphatic hydroxyl groups is 1. The van der Waals surface area contributed by atoms with E-state index in [9.17, 15) is 14.7 Å². The van der Waals surface area contributed by atoms with Gasteiger partial charge >= 0.3 is 0 Å². The van der Waals surface area contributed by atoms with E-state index in [1.807, 2.05) is 78.9 Å². The van der Waals surface area contributed by atoms with E-state index in [1.54, 1.807) is 32.6 Å². The zero-order valence-electron chi connectivity index (χ0n) is 25.0. The third-order valence-corrected chi connectivity index (χ3v) is 7.37. The number of amides is 1. The minimum atomic E-state index is -1.13. The van der Waals surface area contributed by atoms with Crippen LogP contribution in [0.25, 0.3) is 11.2 Å². The van der Waals surface area contributed by atoms with E-state index >= 15 is 0 Å². The molecule has 228 valence electrons. The zero-order valence-corrected chi connectivity index (χ0v) is 25.0. The molecule has 0 atom stereocenters. The average Bonchev–Trinajstić information content (AvgIpc) is 3.40. The van der Waals surface area contributed by atoms with Crippen LogP contribution < -0.4 is 20.3 Å². The summed E-state index contributed by atoms with van der Waals surface area (Å²) in [6.45, 7) is 3.29. The number of hydrogen-bond acceptors (Lipinski definition) is 8. The second-order valence-electron chi connectivity index (χ2n) is 10.4. The monoisotopic (exact) mass is 597 g/mol. The summed E-state index contributed by atoms with van der Waals surface area (Å²) in [5, 5.41) is 12.6. The molecule has 2 heterocycles. The Morgan fingerprint density at radius 1 is 0.909 bits per heavy atom. The second-order valence-corrected chi connectivity index (χ2v) is 10.4. The number of ether oxygens (including phenoxy) is 3. The lowest BCUT2D eigenvalue weighted by molar-refractivity contribution is -0.118. The van der Waals surface area contributed by atoms with Crippen molar-refractivity contribution in [3.63, 3.8) is 0 Å². The van der Waals surface area contributed by atoms with Crippen molar-refractivity contribution in [3.8, 4) is 11.5 Å². The van der Waals surface area contributed by atoms with Gasteiger partial charge in [-0.25, -0.2) is 4.98 Å². The number of hydrogen-bond donors (Lipinski definition) is 3. The summed E-state index contributed by atoms with van der Waals surface area (Å²) in [4.78, 5) is 37.0. The van der Waals surface area contributed by atoms with E-state index in [-0.39, 0.29) is 48.7 Å². The zero-order chi connectivity index (χ0) is 31.3. The molecule has 1 amide bonds. The van der Waals surface area contributed by atoms with Gasteiger partial charge in [0.15, 0.2) is 11.2 Å². The molecule has 0 radical (unpaired) electrons. The van der Waals surface area contributed by atoms with Crippen molar-refractivity contribution < 1.29 is 24.1 Å². The maximum Gasteiger partial charge on any atom is 0.280 e. The molecule has 0 aliphatic rings. The second kappa shape index (κ2) is 13.1. The fraction of sp³-hybridized carbons (Fsp3) is 0.273. The van der Waals surface area contributed by atoms with Crippen molar-refractivity contribution in [3.05, 3.63) is 112 Å². The van der Waals surface area contributed by atoms with Crippen LogP contribution in [0.3, 0.4) is 0 Å². The number of anilines is 1. The SMILES string of the molecule is COc1ccc(C(OCc2nc3c(=O)[nH]c(NC(=O)C(C)C)nc3n2CCO)(c2ccccc2)c2ccc(OC)cc2)cc1. The number of methoxy groups -OCH3 is 2. The number of aliphatic hydroxyl groups excluding tert-OH is 1. The lowest BCUT2D eigenvalue weighted by Gasteiger charge is -2.36. The number of carbonyl (C=O) groups is 1. The molecular weight excluding hydrogens is 562 g/mol. The highest BCUT2D eigenvalue weighted by molar-refractivity contribution is 5.91. The predicted octanol–water partition coefficient (Wildman–Crippen LogP) is 4.23. The smallest absolute Gasteiger partial charge is 0.280 e. The molecule has 3 aromatic carbocycles. The number of benzene rings is 3. The fourth-order valence-electron chi connectivity index (χ4n) is 5.07. The molecule has 0 saturated heterocycles. The molecule has 3 N–H and O–H groups in total. The van der Waals surface area contributed by atoms with Gasteiger partial charge in [-0.2, -0.15) is 4.98 Å². The molecule has 11 nitrogen and oxygen atoms in total. The fourth-order valence-corrected chi connectivity index (χ4v) is 5.07. The van der Waals surface area contributed by atoms with Gasteiger partial charge in [0.25, 0.3) is 5.56 Å². The van der Waals surface area contributed by atoms with Crippen LogP contribution in [0.1, 0.15) is 36.4 Å². The molecule has 0 aliphatic carbocycles. The number of aromatic nitrogens is 4. The van der Waals surface area contributed by atoms with E-state index in [1.165, 1.54) is 0 Å². The van der Waals surface area contributed by atoms with Crippen molar-refractivity contribution in [1.29, 1.82) is 0 Å². The van der Waals surface area contributed by atoms with E-state index in [4.69, 9.17) is 14.2 Å². The van der Waals surface area contributed by atoms with Gasteiger partial charge < -0.3 is 23.9 Å². The molecule has 2 aromatic heterocycles. The molecule has 0 aliphatic heterocycles. The summed E-state index contributed by atoms with van der Waals surface area (Å²) in [7, 11) is 3.22. The van der Waals surface area contributed by atoms with Crippen LogP contribution >= 0.6 is 0 Å². The molecule has 5 rings (SSSR count). The highest BCUT2D eigenvalue weighted by Crippen LogP contribution is 2.42. The van der Waals surface area contributed by atoms with Gasteiger partial charge in [0, 0.05) is 12.5 Å². The van der Waals surface area contributed by atoms with Crippen molar-refractivity contribution in [2.75, 3.05) is 26.1 Å². The van der Waals surface area contributed by atoms with Crippen LogP contribution in [0.2, 0.25) is 0 Å². The lowest BCUT2D eigenvalue weighted by Crippen LogP contribution is -2.33. The van der Waals surface area contributed by atoms with Gasteiger partial charge in [-0.05, 0) is 41.0 Å². The number of nitrogens with zero attached hydrogens (tertiary/aromatic N) is 3. The highest BCUT2D eigenvalue weighted by atomic mass is 16.5. The Morgan fingerprint density at radius 3 is 2.00 bits per heavy atom. The molecule has 0 fully saturated rings. The standard InChI is InChI=1S/C33H35N5O6/c1-21(2)30(40)36-32-35-29-28(31(41)37-32)34-27(38(29)18-19-39)20-44-33(22-8-6-5-7-9-22,23-10-14-25(42-3)15-11-23)24-12-16-26(43-4)17-13-24/h5-17,21,39H,18-20H2,1-4H3,(H2,35,36,37,40,41). The minimum absolute atomic E-state index is 0.00264. The van der Waals surface area contributed by atoms with Gasteiger partial charge in [0.05, 0.1) is 20.8 Å². The van der Waals surface area contributed by atoms with Crippen molar-refractivity contribution in [2.45, 2.75) is 32.6 Å². The number of fused-ring (bicyclic) bond motifs is 1.